The lowest BCUT2D eigenvalue weighted by molar-refractivity contribution is 0.760. The van der Waals surface area contributed by atoms with E-state index in [1.165, 1.54) is 10.4 Å². The Morgan fingerprint density at radius 3 is 2.85 bits per heavy atom. The van der Waals surface area contributed by atoms with E-state index >= 15 is 0 Å². The second kappa shape index (κ2) is 10.3. The van der Waals surface area contributed by atoms with Crippen LogP contribution in [0.25, 0.3) is 0 Å². The van der Waals surface area contributed by atoms with Gasteiger partial charge in [-0.2, -0.15) is 0 Å². The Bertz CT molecular complexity index is 826. The van der Waals surface area contributed by atoms with Crippen molar-refractivity contribution < 1.29 is 0 Å². The lowest BCUT2D eigenvalue weighted by Gasteiger charge is -2.08. The Balaban J connectivity index is 0.00000243. The van der Waals surface area contributed by atoms with Gasteiger partial charge in [0.2, 0.25) is 0 Å². The fourth-order valence-electron chi connectivity index (χ4n) is 2.59. The fourth-order valence-corrected chi connectivity index (χ4v) is 3.30. The van der Waals surface area contributed by atoms with Crippen LogP contribution in [0.1, 0.15) is 21.8 Å². The molecule has 0 spiro atoms. The average Bonchev–Trinajstić information content (AvgIpc) is 3.26. The van der Waals surface area contributed by atoms with Gasteiger partial charge in [0.25, 0.3) is 0 Å². The predicted octanol–water partition coefficient (Wildman–Crippen LogP) is 3.57. The fraction of sp³-hybridized carbons (Fsp3) is 0.263. The summed E-state index contributed by atoms with van der Waals surface area (Å²) in [5, 5.41) is 5.26. The van der Waals surface area contributed by atoms with Gasteiger partial charge in [-0.3, -0.25) is 0 Å². The number of aromatic nitrogens is 2. The van der Waals surface area contributed by atoms with Crippen molar-refractivity contribution >= 4 is 41.3 Å². The highest BCUT2D eigenvalue weighted by molar-refractivity contribution is 14.0. The Morgan fingerprint density at radius 2 is 2.12 bits per heavy atom. The molecule has 26 heavy (non-hydrogen) atoms. The van der Waals surface area contributed by atoms with Crippen molar-refractivity contribution in [1.82, 2.24) is 14.9 Å². The summed E-state index contributed by atoms with van der Waals surface area (Å²) in [5.74, 6) is 1.51. The summed E-state index contributed by atoms with van der Waals surface area (Å²) in [6.07, 6.45) is 4.79. The summed E-state index contributed by atoms with van der Waals surface area (Å²) in [4.78, 5) is 10.0. The van der Waals surface area contributed by atoms with Crippen LogP contribution in [0.5, 0.6) is 0 Å². The molecule has 2 aromatic heterocycles. The molecule has 138 valence electrons. The van der Waals surface area contributed by atoms with Gasteiger partial charge in [0.1, 0.15) is 5.82 Å². The number of guanidine groups is 1. The number of halogens is 1. The molecule has 0 saturated carbocycles. The summed E-state index contributed by atoms with van der Waals surface area (Å²) >= 11 is 1.76. The molecule has 0 radical (unpaired) electrons. The van der Waals surface area contributed by atoms with Gasteiger partial charge in [0, 0.05) is 30.4 Å². The third-order valence-corrected chi connectivity index (χ3v) is 4.89. The maximum Gasteiger partial charge on any atom is 0.188 e. The van der Waals surface area contributed by atoms with E-state index in [1.54, 1.807) is 11.3 Å². The number of imidazole rings is 1. The Kier molecular flexibility index (Phi) is 8.11. The van der Waals surface area contributed by atoms with E-state index in [0.717, 1.165) is 30.9 Å². The largest absolute Gasteiger partial charge is 0.370 e. The van der Waals surface area contributed by atoms with E-state index < -0.39 is 0 Å². The van der Waals surface area contributed by atoms with E-state index in [0.29, 0.717) is 12.5 Å². The van der Waals surface area contributed by atoms with Crippen LogP contribution in [0.4, 0.5) is 0 Å². The molecule has 5 nitrogen and oxygen atoms in total. The van der Waals surface area contributed by atoms with Crippen LogP contribution in [0, 0.1) is 6.92 Å². The topological polar surface area (TPSA) is 68.2 Å². The first-order valence-corrected chi connectivity index (χ1v) is 9.20. The molecule has 0 saturated heterocycles. The van der Waals surface area contributed by atoms with Gasteiger partial charge in [-0.15, -0.1) is 35.3 Å². The van der Waals surface area contributed by atoms with E-state index in [1.807, 2.05) is 19.3 Å². The Hall–Kier alpha value is -1.87. The molecule has 0 aliphatic rings. The lowest BCUT2D eigenvalue weighted by Crippen LogP contribution is -2.33. The highest BCUT2D eigenvalue weighted by Crippen LogP contribution is 2.10. The highest BCUT2D eigenvalue weighted by atomic mass is 127. The average molecular weight is 481 g/mol. The number of hydrogen-bond donors (Lipinski definition) is 2. The van der Waals surface area contributed by atoms with Crippen LogP contribution in [0.2, 0.25) is 0 Å². The number of nitrogens with one attached hydrogen (secondary N) is 1. The second-order valence-corrected chi connectivity index (χ2v) is 6.91. The van der Waals surface area contributed by atoms with Crippen LogP contribution >= 0.6 is 35.3 Å². The summed E-state index contributed by atoms with van der Waals surface area (Å²) in [5.41, 5.74) is 8.34. The molecule has 0 fully saturated rings. The first-order valence-electron chi connectivity index (χ1n) is 8.32. The maximum atomic E-state index is 5.96. The molecule has 0 unspecified atom stereocenters. The monoisotopic (exact) mass is 481 g/mol. The standard InChI is InChI=1S/C19H23N5S.HI/c1-15-21-9-10-24(15)14-17-5-2-4-16(12-17)13-23-19(20)22-8-7-18-6-3-11-25-18;/h2-6,9-12H,7-8,13-14H2,1H3,(H3,20,22,23);1H. The minimum Gasteiger partial charge on any atom is -0.370 e. The van der Waals surface area contributed by atoms with Gasteiger partial charge < -0.3 is 15.6 Å². The number of benzene rings is 1. The quantitative estimate of drug-likeness (QED) is 0.308. The van der Waals surface area contributed by atoms with Crippen LogP contribution in [-0.4, -0.2) is 22.1 Å². The summed E-state index contributed by atoms with van der Waals surface area (Å²) < 4.78 is 2.13. The number of rotatable bonds is 7. The van der Waals surface area contributed by atoms with Crippen molar-refractivity contribution in [2.45, 2.75) is 26.4 Å². The molecule has 3 rings (SSSR count). The second-order valence-electron chi connectivity index (χ2n) is 5.88. The third kappa shape index (κ3) is 6.14. The number of nitrogens with zero attached hydrogens (tertiary/aromatic N) is 3. The van der Waals surface area contributed by atoms with Gasteiger partial charge in [-0.05, 0) is 35.9 Å². The van der Waals surface area contributed by atoms with E-state index in [-0.39, 0.29) is 24.0 Å². The normalized spacial score (nSPS) is 11.2. The minimum absolute atomic E-state index is 0. The van der Waals surface area contributed by atoms with Crippen molar-refractivity contribution in [1.29, 1.82) is 0 Å². The number of nitrogens with two attached hydrogens (primary N) is 1. The molecule has 0 atom stereocenters. The maximum absolute atomic E-state index is 5.96. The van der Waals surface area contributed by atoms with Gasteiger partial charge in [0.05, 0.1) is 6.54 Å². The molecule has 3 N–H and O–H groups in total. The first-order chi connectivity index (χ1) is 12.2. The first kappa shape index (κ1) is 20.4. The molecule has 0 amide bonds. The molecular formula is C19H24IN5S. The number of hydrogen-bond acceptors (Lipinski definition) is 3. The van der Waals surface area contributed by atoms with E-state index in [4.69, 9.17) is 5.73 Å². The molecule has 0 aliphatic carbocycles. The van der Waals surface area contributed by atoms with Crippen LogP contribution in [-0.2, 0) is 19.5 Å². The number of aryl methyl sites for hydroxylation is 1. The molecule has 0 aliphatic heterocycles. The predicted molar refractivity (Wildman–Crippen MR) is 119 cm³/mol. The van der Waals surface area contributed by atoms with Gasteiger partial charge in [0.15, 0.2) is 5.96 Å². The molecule has 2 heterocycles. The van der Waals surface area contributed by atoms with Crippen molar-refractivity contribution in [2.24, 2.45) is 10.7 Å². The zero-order valence-electron chi connectivity index (χ0n) is 14.8. The van der Waals surface area contributed by atoms with Crippen molar-refractivity contribution in [2.75, 3.05) is 6.54 Å². The zero-order chi connectivity index (χ0) is 17.5. The summed E-state index contributed by atoms with van der Waals surface area (Å²) in [7, 11) is 0. The highest BCUT2D eigenvalue weighted by Gasteiger charge is 2.01. The Labute approximate surface area is 175 Å². The lowest BCUT2D eigenvalue weighted by atomic mass is 10.1. The van der Waals surface area contributed by atoms with Crippen molar-refractivity contribution in [3.63, 3.8) is 0 Å². The van der Waals surface area contributed by atoms with Gasteiger partial charge in [-0.25, -0.2) is 9.98 Å². The Morgan fingerprint density at radius 1 is 1.27 bits per heavy atom. The van der Waals surface area contributed by atoms with Crippen LogP contribution in [0.15, 0.2) is 59.2 Å². The SMILES string of the molecule is Cc1nccn1Cc1cccc(CN=C(N)NCCc2cccs2)c1.I. The molecule has 0 bridgehead atoms. The van der Waals surface area contributed by atoms with Crippen LogP contribution < -0.4 is 11.1 Å². The third-order valence-electron chi connectivity index (χ3n) is 3.96. The molecule has 3 aromatic rings. The molecule has 7 heteroatoms. The van der Waals surface area contributed by atoms with Crippen LogP contribution in [0.3, 0.4) is 0 Å². The van der Waals surface area contributed by atoms with E-state index in [9.17, 15) is 0 Å². The summed E-state index contributed by atoms with van der Waals surface area (Å²) in [6.45, 7) is 4.21. The molecular weight excluding hydrogens is 457 g/mol. The van der Waals surface area contributed by atoms with Crippen molar-refractivity contribution in [3.05, 3.63) is 76.0 Å². The summed E-state index contributed by atoms with van der Waals surface area (Å²) in [6, 6.07) is 12.6. The van der Waals surface area contributed by atoms with Crippen molar-refractivity contribution in [3.8, 4) is 0 Å². The smallest absolute Gasteiger partial charge is 0.188 e. The molecule has 1 aromatic carbocycles. The van der Waals surface area contributed by atoms with Gasteiger partial charge in [-0.1, -0.05) is 30.3 Å². The zero-order valence-corrected chi connectivity index (χ0v) is 17.9. The van der Waals surface area contributed by atoms with E-state index in [2.05, 4.69) is 61.6 Å². The number of thiophene rings is 1. The van der Waals surface area contributed by atoms with Gasteiger partial charge >= 0.3 is 0 Å². The minimum atomic E-state index is 0. The number of aliphatic imine (C=N–C) groups is 1.